The van der Waals surface area contributed by atoms with E-state index in [0.29, 0.717) is 18.8 Å². The number of methoxy groups -OCH3 is 1. The maximum absolute atomic E-state index is 12.4. The second-order valence-electron chi connectivity index (χ2n) is 6.55. The third-order valence-electron chi connectivity index (χ3n) is 4.95. The Hall–Kier alpha value is -2.69. The predicted octanol–water partition coefficient (Wildman–Crippen LogP) is 3.04. The first kappa shape index (κ1) is 18.1. The second kappa shape index (κ2) is 8.13. The fourth-order valence-corrected chi connectivity index (χ4v) is 3.20. The number of rotatable bonds is 5. The highest BCUT2D eigenvalue weighted by Gasteiger charge is 2.22. The molecule has 1 heterocycles. The number of amides is 1. The van der Waals surface area contributed by atoms with Gasteiger partial charge in [-0.2, -0.15) is 0 Å². The monoisotopic (exact) mass is 354 g/mol. The molecule has 0 aliphatic carbocycles. The molecule has 0 saturated carbocycles. The number of hydrogen-bond acceptors (Lipinski definition) is 4. The van der Waals surface area contributed by atoms with Gasteiger partial charge in [-0.3, -0.25) is 4.79 Å². The van der Waals surface area contributed by atoms with Crippen LogP contribution >= 0.6 is 0 Å². The van der Waals surface area contributed by atoms with Gasteiger partial charge in [0.2, 0.25) is 0 Å². The molecule has 0 atom stereocenters. The van der Waals surface area contributed by atoms with Crippen LogP contribution in [-0.4, -0.2) is 50.7 Å². The van der Waals surface area contributed by atoms with E-state index >= 15 is 0 Å². The number of carbonyl (C=O) groups is 1. The van der Waals surface area contributed by atoms with Crippen LogP contribution < -0.4 is 14.4 Å². The van der Waals surface area contributed by atoms with Gasteiger partial charge in [0.15, 0.2) is 6.61 Å². The summed E-state index contributed by atoms with van der Waals surface area (Å²) in [4.78, 5) is 16.7. The number of hydrogen-bond donors (Lipinski definition) is 0. The number of piperazine rings is 1. The second-order valence-corrected chi connectivity index (χ2v) is 6.55. The Morgan fingerprint density at radius 1 is 1.00 bits per heavy atom. The van der Waals surface area contributed by atoms with E-state index in [9.17, 15) is 4.79 Å². The lowest BCUT2D eigenvalue weighted by Gasteiger charge is -2.37. The van der Waals surface area contributed by atoms with E-state index in [1.54, 1.807) is 13.2 Å². The van der Waals surface area contributed by atoms with Crippen LogP contribution in [0.1, 0.15) is 11.1 Å². The summed E-state index contributed by atoms with van der Waals surface area (Å²) in [5, 5.41) is 0. The lowest BCUT2D eigenvalue weighted by Crippen LogP contribution is -2.50. The molecule has 1 amide bonds. The zero-order valence-electron chi connectivity index (χ0n) is 15.7. The summed E-state index contributed by atoms with van der Waals surface area (Å²) in [7, 11) is 1.61. The first-order valence-electron chi connectivity index (χ1n) is 8.94. The average Bonchev–Trinajstić information content (AvgIpc) is 2.68. The van der Waals surface area contributed by atoms with Gasteiger partial charge < -0.3 is 19.3 Å². The molecule has 0 radical (unpaired) electrons. The first-order chi connectivity index (χ1) is 12.6. The molecule has 5 heteroatoms. The van der Waals surface area contributed by atoms with Gasteiger partial charge in [-0.05, 0) is 43.2 Å². The zero-order chi connectivity index (χ0) is 18.5. The number of anilines is 1. The predicted molar refractivity (Wildman–Crippen MR) is 103 cm³/mol. The Kier molecular flexibility index (Phi) is 5.66. The maximum atomic E-state index is 12.4. The van der Waals surface area contributed by atoms with Crippen molar-refractivity contribution in [2.75, 3.05) is 44.8 Å². The van der Waals surface area contributed by atoms with E-state index < -0.39 is 0 Å². The van der Waals surface area contributed by atoms with Crippen LogP contribution in [0.25, 0.3) is 0 Å². The minimum atomic E-state index is 0.0217. The highest BCUT2D eigenvalue weighted by Crippen LogP contribution is 2.24. The van der Waals surface area contributed by atoms with Crippen molar-refractivity contribution in [2.45, 2.75) is 13.8 Å². The van der Waals surface area contributed by atoms with Crippen molar-refractivity contribution in [2.24, 2.45) is 0 Å². The normalized spacial score (nSPS) is 14.3. The largest absolute Gasteiger partial charge is 0.497 e. The van der Waals surface area contributed by atoms with Gasteiger partial charge in [0.05, 0.1) is 7.11 Å². The molecule has 1 fully saturated rings. The number of ether oxygens (including phenoxy) is 2. The molecule has 138 valence electrons. The van der Waals surface area contributed by atoms with Gasteiger partial charge in [0.25, 0.3) is 5.91 Å². The van der Waals surface area contributed by atoms with Crippen LogP contribution in [0.4, 0.5) is 5.69 Å². The summed E-state index contributed by atoms with van der Waals surface area (Å²) >= 11 is 0. The van der Waals surface area contributed by atoms with E-state index in [1.807, 2.05) is 23.1 Å². The number of aryl methyl sites for hydroxylation is 1. The van der Waals surface area contributed by atoms with Crippen LogP contribution in [0.5, 0.6) is 11.5 Å². The molecule has 3 rings (SSSR count). The Morgan fingerprint density at radius 2 is 1.69 bits per heavy atom. The quantitative estimate of drug-likeness (QED) is 0.828. The van der Waals surface area contributed by atoms with Crippen molar-refractivity contribution in [3.63, 3.8) is 0 Å². The molecule has 26 heavy (non-hydrogen) atoms. The Labute approximate surface area is 155 Å². The third-order valence-corrected chi connectivity index (χ3v) is 4.95. The molecule has 0 unspecified atom stereocenters. The molecule has 0 N–H and O–H groups in total. The van der Waals surface area contributed by atoms with Gasteiger partial charge in [-0.1, -0.05) is 18.2 Å². The van der Waals surface area contributed by atoms with Crippen molar-refractivity contribution < 1.29 is 14.3 Å². The fraction of sp³-hybridized carbons (Fsp3) is 0.381. The number of nitrogens with zero attached hydrogens (tertiary/aromatic N) is 2. The van der Waals surface area contributed by atoms with E-state index in [-0.39, 0.29) is 12.5 Å². The van der Waals surface area contributed by atoms with Crippen molar-refractivity contribution in [3.8, 4) is 11.5 Å². The number of carbonyl (C=O) groups excluding carboxylic acids is 1. The van der Waals surface area contributed by atoms with Crippen molar-refractivity contribution in [1.82, 2.24) is 4.90 Å². The summed E-state index contributed by atoms with van der Waals surface area (Å²) in [6.07, 6.45) is 0. The summed E-state index contributed by atoms with van der Waals surface area (Å²) in [6, 6.07) is 13.7. The average molecular weight is 354 g/mol. The maximum Gasteiger partial charge on any atom is 0.260 e. The Bertz CT molecular complexity index is 768. The third kappa shape index (κ3) is 4.10. The van der Waals surface area contributed by atoms with Crippen LogP contribution in [-0.2, 0) is 4.79 Å². The van der Waals surface area contributed by atoms with E-state index in [4.69, 9.17) is 9.47 Å². The van der Waals surface area contributed by atoms with E-state index in [1.165, 1.54) is 16.8 Å². The van der Waals surface area contributed by atoms with E-state index in [2.05, 4.69) is 36.9 Å². The lowest BCUT2D eigenvalue weighted by atomic mass is 10.1. The Morgan fingerprint density at radius 3 is 2.42 bits per heavy atom. The molecule has 0 aromatic heterocycles. The molecule has 1 aliphatic rings. The van der Waals surface area contributed by atoms with Gasteiger partial charge in [0.1, 0.15) is 11.5 Å². The summed E-state index contributed by atoms with van der Waals surface area (Å²) < 4.78 is 10.8. The fourth-order valence-electron chi connectivity index (χ4n) is 3.20. The Balaban J connectivity index is 1.52. The van der Waals surface area contributed by atoms with Crippen molar-refractivity contribution in [3.05, 3.63) is 53.6 Å². The molecule has 0 bridgehead atoms. The van der Waals surface area contributed by atoms with Gasteiger partial charge in [0, 0.05) is 37.9 Å². The van der Waals surface area contributed by atoms with E-state index in [0.717, 1.165) is 18.8 Å². The number of benzene rings is 2. The molecule has 5 nitrogen and oxygen atoms in total. The molecule has 0 spiro atoms. The van der Waals surface area contributed by atoms with Gasteiger partial charge in [-0.15, -0.1) is 0 Å². The lowest BCUT2D eigenvalue weighted by molar-refractivity contribution is -0.133. The van der Waals surface area contributed by atoms with Crippen LogP contribution in [0.2, 0.25) is 0 Å². The molecular weight excluding hydrogens is 328 g/mol. The minimum Gasteiger partial charge on any atom is -0.497 e. The SMILES string of the molecule is COc1cccc(OCC(=O)N2CCN(c3cccc(C)c3C)CC2)c1. The van der Waals surface area contributed by atoms with Crippen LogP contribution in [0.15, 0.2) is 42.5 Å². The summed E-state index contributed by atoms with van der Waals surface area (Å²) in [6.45, 7) is 7.46. The standard InChI is InChI=1S/C21H26N2O3/c1-16-6-4-9-20(17(16)2)22-10-12-23(13-11-22)21(24)15-26-19-8-5-7-18(14-19)25-3/h4-9,14H,10-13,15H2,1-3H3. The van der Waals surface area contributed by atoms with Gasteiger partial charge in [-0.25, -0.2) is 0 Å². The summed E-state index contributed by atoms with van der Waals surface area (Å²) in [5.74, 6) is 1.39. The topological polar surface area (TPSA) is 42.0 Å². The molecule has 2 aromatic rings. The highest BCUT2D eigenvalue weighted by molar-refractivity contribution is 5.78. The minimum absolute atomic E-state index is 0.0217. The highest BCUT2D eigenvalue weighted by atomic mass is 16.5. The summed E-state index contributed by atoms with van der Waals surface area (Å²) in [5.41, 5.74) is 3.88. The van der Waals surface area contributed by atoms with Crippen LogP contribution in [0.3, 0.4) is 0 Å². The van der Waals surface area contributed by atoms with Gasteiger partial charge >= 0.3 is 0 Å². The molecule has 1 aliphatic heterocycles. The molecule has 2 aromatic carbocycles. The molecule has 1 saturated heterocycles. The molecular formula is C21H26N2O3. The smallest absolute Gasteiger partial charge is 0.260 e. The van der Waals surface area contributed by atoms with Crippen molar-refractivity contribution in [1.29, 1.82) is 0 Å². The van der Waals surface area contributed by atoms with Crippen molar-refractivity contribution >= 4 is 11.6 Å². The zero-order valence-corrected chi connectivity index (χ0v) is 15.7. The first-order valence-corrected chi connectivity index (χ1v) is 8.94. The van der Waals surface area contributed by atoms with Crippen LogP contribution in [0, 0.1) is 13.8 Å².